The molecule has 194 valence electrons. The third-order valence-electron chi connectivity index (χ3n) is 6.27. The molecule has 0 spiro atoms. The average molecular weight is 503 g/mol. The van der Waals surface area contributed by atoms with Crippen LogP contribution in [0.25, 0.3) is 21.9 Å². The van der Waals surface area contributed by atoms with E-state index in [9.17, 15) is 20.4 Å². The molecule has 4 rings (SSSR count). The summed E-state index contributed by atoms with van der Waals surface area (Å²) in [6.07, 6.45) is -7.04. The Kier molecular flexibility index (Phi) is 7.72. The molecule has 1 aliphatic rings. The van der Waals surface area contributed by atoms with Gasteiger partial charge in [0.15, 0.2) is 23.0 Å². The lowest BCUT2D eigenvalue weighted by Crippen LogP contribution is -2.60. The first-order chi connectivity index (χ1) is 17.4. The van der Waals surface area contributed by atoms with Crippen LogP contribution in [0.2, 0.25) is 0 Å². The van der Waals surface area contributed by atoms with Crippen LogP contribution in [0.15, 0.2) is 42.5 Å². The van der Waals surface area contributed by atoms with Gasteiger partial charge in [-0.1, -0.05) is 12.1 Å². The number of hydrogen-bond donors (Lipinski definition) is 4. The molecule has 1 heterocycles. The molecule has 1 fully saturated rings. The van der Waals surface area contributed by atoms with E-state index in [4.69, 9.17) is 28.4 Å². The molecule has 10 heteroatoms. The number of hydrogen-bond acceptors (Lipinski definition) is 10. The fraction of sp³-hybridized carbons (Fsp3) is 0.385. The van der Waals surface area contributed by atoms with E-state index in [1.54, 1.807) is 38.5 Å². The lowest BCUT2D eigenvalue weighted by atomic mass is 9.96. The van der Waals surface area contributed by atoms with E-state index in [0.717, 1.165) is 16.5 Å². The fourth-order valence-electron chi connectivity index (χ4n) is 4.29. The summed E-state index contributed by atoms with van der Waals surface area (Å²) in [5.41, 5.74) is 1.66. The number of benzene rings is 3. The Labute approximate surface area is 208 Å². The van der Waals surface area contributed by atoms with E-state index >= 15 is 0 Å². The fourth-order valence-corrected chi connectivity index (χ4v) is 4.29. The quantitative estimate of drug-likeness (QED) is 0.360. The average Bonchev–Trinajstić information content (AvgIpc) is 2.92. The van der Waals surface area contributed by atoms with Crippen molar-refractivity contribution in [2.24, 2.45) is 0 Å². The predicted molar refractivity (Wildman–Crippen MR) is 130 cm³/mol. The Morgan fingerprint density at radius 3 is 1.86 bits per heavy atom. The SMILES string of the molecule is COc1ccc(-c2ccc(O[C@@H]3O[C@H](CO)[C@@H](O)[C@H](O)[C@H]3O)c3cc(OC)c(OC)cc23)cc1OC. The molecule has 1 aliphatic heterocycles. The maximum Gasteiger partial charge on any atom is 0.229 e. The Morgan fingerprint density at radius 2 is 1.25 bits per heavy atom. The number of aliphatic hydroxyl groups excluding tert-OH is 4. The molecule has 5 atom stereocenters. The highest BCUT2D eigenvalue weighted by molar-refractivity contribution is 6.02. The van der Waals surface area contributed by atoms with E-state index in [2.05, 4.69) is 0 Å². The second-order valence-electron chi connectivity index (χ2n) is 8.25. The highest BCUT2D eigenvalue weighted by Gasteiger charge is 2.44. The summed E-state index contributed by atoms with van der Waals surface area (Å²) in [5.74, 6) is 2.42. The van der Waals surface area contributed by atoms with Crippen molar-refractivity contribution < 1.29 is 48.8 Å². The van der Waals surface area contributed by atoms with Gasteiger partial charge in [-0.3, -0.25) is 0 Å². The van der Waals surface area contributed by atoms with Crippen molar-refractivity contribution in [3.05, 3.63) is 42.5 Å². The van der Waals surface area contributed by atoms with Crippen LogP contribution in [-0.2, 0) is 4.74 Å². The number of methoxy groups -OCH3 is 4. The molecule has 36 heavy (non-hydrogen) atoms. The number of ether oxygens (including phenoxy) is 6. The van der Waals surface area contributed by atoms with Gasteiger partial charge in [-0.15, -0.1) is 0 Å². The topological polar surface area (TPSA) is 136 Å². The van der Waals surface area contributed by atoms with Crippen molar-refractivity contribution >= 4 is 10.8 Å². The van der Waals surface area contributed by atoms with Gasteiger partial charge in [0.2, 0.25) is 6.29 Å². The van der Waals surface area contributed by atoms with Gasteiger partial charge in [0.05, 0.1) is 35.0 Å². The van der Waals surface area contributed by atoms with Crippen molar-refractivity contribution in [2.45, 2.75) is 30.7 Å². The zero-order valence-electron chi connectivity index (χ0n) is 20.4. The van der Waals surface area contributed by atoms with Crippen LogP contribution in [0, 0.1) is 0 Å². The van der Waals surface area contributed by atoms with Crippen LogP contribution < -0.4 is 23.7 Å². The lowest BCUT2D eigenvalue weighted by Gasteiger charge is -2.39. The number of fused-ring (bicyclic) bond motifs is 1. The summed E-state index contributed by atoms with van der Waals surface area (Å²) < 4.78 is 33.3. The molecule has 1 saturated heterocycles. The van der Waals surface area contributed by atoms with Crippen LogP contribution in [0.5, 0.6) is 28.7 Å². The molecule has 0 bridgehead atoms. The maximum absolute atomic E-state index is 10.5. The first kappa shape index (κ1) is 25.8. The van der Waals surface area contributed by atoms with Gasteiger partial charge in [-0.05, 0) is 46.8 Å². The summed E-state index contributed by atoms with van der Waals surface area (Å²) in [6.45, 7) is -0.561. The molecular formula is C26H30O10. The van der Waals surface area contributed by atoms with Crippen molar-refractivity contribution in [1.29, 1.82) is 0 Å². The molecule has 0 unspecified atom stereocenters. The van der Waals surface area contributed by atoms with E-state index in [1.165, 1.54) is 14.2 Å². The van der Waals surface area contributed by atoms with Crippen LogP contribution in [0.1, 0.15) is 0 Å². The Morgan fingerprint density at radius 1 is 0.667 bits per heavy atom. The third kappa shape index (κ3) is 4.61. The summed E-state index contributed by atoms with van der Waals surface area (Å²) in [7, 11) is 6.17. The van der Waals surface area contributed by atoms with E-state index in [0.29, 0.717) is 34.1 Å². The third-order valence-corrected chi connectivity index (χ3v) is 6.27. The summed E-state index contributed by atoms with van der Waals surface area (Å²) in [4.78, 5) is 0. The van der Waals surface area contributed by atoms with Gasteiger partial charge >= 0.3 is 0 Å². The van der Waals surface area contributed by atoms with E-state index < -0.39 is 37.3 Å². The zero-order chi connectivity index (χ0) is 26.0. The highest BCUT2D eigenvalue weighted by Crippen LogP contribution is 2.43. The summed E-state index contributed by atoms with van der Waals surface area (Å²) >= 11 is 0. The van der Waals surface area contributed by atoms with Crippen molar-refractivity contribution in [3.8, 4) is 39.9 Å². The normalized spacial score (nSPS) is 23.8. The smallest absolute Gasteiger partial charge is 0.229 e. The van der Waals surface area contributed by atoms with Crippen molar-refractivity contribution in [2.75, 3.05) is 35.0 Å². The minimum Gasteiger partial charge on any atom is -0.493 e. The largest absolute Gasteiger partial charge is 0.493 e. The molecule has 0 radical (unpaired) electrons. The van der Waals surface area contributed by atoms with Gasteiger partial charge in [0.1, 0.15) is 30.2 Å². The van der Waals surface area contributed by atoms with Crippen LogP contribution in [-0.4, -0.2) is 86.2 Å². The number of aliphatic hydroxyl groups is 4. The number of rotatable bonds is 8. The van der Waals surface area contributed by atoms with Gasteiger partial charge < -0.3 is 48.8 Å². The second kappa shape index (κ2) is 10.8. The van der Waals surface area contributed by atoms with Gasteiger partial charge in [-0.2, -0.15) is 0 Å². The van der Waals surface area contributed by atoms with Crippen molar-refractivity contribution in [1.82, 2.24) is 0 Å². The minimum absolute atomic E-state index is 0.319. The standard InChI is InChI=1S/C26H30O10/c1-31-18-7-5-13(9-19(18)32-2)14-6-8-17(16-11-21(34-4)20(33-3)10-15(14)16)35-26-25(30)24(29)23(28)22(12-27)36-26/h5-11,22-30H,12H2,1-4H3/t22-,23-,24+,25-,26-/m1/s1. The molecule has 0 amide bonds. The molecule has 0 saturated carbocycles. The molecule has 0 aromatic heterocycles. The molecule has 4 N–H and O–H groups in total. The molecule has 3 aromatic rings. The van der Waals surface area contributed by atoms with Crippen LogP contribution in [0.4, 0.5) is 0 Å². The highest BCUT2D eigenvalue weighted by atomic mass is 16.7. The van der Waals surface area contributed by atoms with Gasteiger partial charge in [0.25, 0.3) is 0 Å². The minimum atomic E-state index is -1.56. The van der Waals surface area contributed by atoms with E-state index in [1.807, 2.05) is 18.2 Å². The summed E-state index contributed by atoms with van der Waals surface area (Å²) in [5, 5.41) is 41.6. The summed E-state index contributed by atoms with van der Waals surface area (Å²) in [6, 6.07) is 12.6. The van der Waals surface area contributed by atoms with Gasteiger partial charge in [-0.25, -0.2) is 0 Å². The Hall–Kier alpha value is -3.28. The van der Waals surface area contributed by atoms with Crippen LogP contribution in [0.3, 0.4) is 0 Å². The molecular weight excluding hydrogens is 472 g/mol. The van der Waals surface area contributed by atoms with E-state index in [-0.39, 0.29) is 0 Å². The maximum atomic E-state index is 10.5. The molecule has 0 aliphatic carbocycles. The Balaban J connectivity index is 1.84. The van der Waals surface area contributed by atoms with Gasteiger partial charge in [0, 0.05) is 5.39 Å². The van der Waals surface area contributed by atoms with Crippen molar-refractivity contribution in [3.63, 3.8) is 0 Å². The predicted octanol–water partition coefficient (Wildman–Crippen LogP) is 1.72. The molecule has 3 aromatic carbocycles. The molecule has 10 nitrogen and oxygen atoms in total. The first-order valence-electron chi connectivity index (χ1n) is 11.2. The first-order valence-corrected chi connectivity index (χ1v) is 11.2. The van der Waals surface area contributed by atoms with Crippen LogP contribution >= 0.6 is 0 Å². The second-order valence-corrected chi connectivity index (χ2v) is 8.25. The monoisotopic (exact) mass is 502 g/mol. The zero-order valence-corrected chi connectivity index (χ0v) is 20.4. The lowest BCUT2D eigenvalue weighted by molar-refractivity contribution is -0.277. The Bertz CT molecular complexity index is 1210.